The standard InChI is InChI=1S/4C15H20P.2ClH.2Ti/c4*1-3-9-16(10-4-2)15-11-13-7-5-6-8-14(13)12-15;;;;/h4*5-8,11-12H,3-4,9-10H2,1-2H3;2*1H;;/q4*-1;;;2*+2/p-2. The van der Waals surface area contributed by atoms with Gasteiger partial charge in [-0.2, -0.15) is 24.3 Å². The van der Waals surface area contributed by atoms with E-state index in [2.05, 4.69) is 201 Å². The molecule has 0 N–H and O–H groups in total. The Balaban J connectivity index is 0.000000445. The molecule has 0 aliphatic rings. The van der Waals surface area contributed by atoms with Crippen LogP contribution in [-0.2, 0) is 43.4 Å². The predicted molar refractivity (Wildman–Crippen MR) is 306 cm³/mol. The van der Waals surface area contributed by atoms with Crippen LogP contribution in [-0.4, -0.2) is 49.3 Å². The second-order valence-corrected chi connectivity index (χ2v) is 27.3. The third kappa shape index (κ3) is 20.2. The summed E-state index contributed by atoms with van der Waals surface area (Å²) in [6.07, 6.45) is 21.6. The third-order valence-electron chi connectivity index (χ3n) is 11.8. The average molecular weight is 1090 g/mol. The molecule has 0 aliphatic heterocycles. The summed E-state index contributed by atoms with van der Waals surface area (Å²) in [4.78, 5) is 0. The number of benzene rings is 4. The van der Waals surface area contributed by atoms with E-state index < -0.39 is 0 Å². The summed E-state index contributed by atoms with van der Waals surface area (Å²) in [6, 6.07) is 54.1. The molecular weight excluding hydrogens is 1010 g/mol. The Morgan fingerprint density at radius 2 is 0.441 bits per heavy atom. The zero-order valence-electron chi connectivity index (χ0n) is 42.7. The molecular formula is C60H80Cl2P4Ti2-2. The number of halogens is 2. The van der Waals surface area contributed by atoms with E-state index in [-0.39, 0.29) is 99.9 Å². The summed E-state index contributed by atoms with van der Waals surface area (Å²) in [7, 11) is 0.389. The Morgan fingerprint density at radius 3 is 0.588 bits per heavy atom. The first-order valence-electron chi connectivity index (χ1n) is 25.0. The van der Waals surface area contributed by atoms with Gasteiger partial charge in [-0.1, -0.05) is 163 Å². The van der Waals surface area contributed by atoms with Gasteiger partial charge >= 0.3 is 43.4 Å². The summed E-state index contributed by atoms with van der Waals surface area (Å²) >= 11 is 0. The van der Waals surface area contributed by atoms with Crippen LogP contribution in [0.2, 0.25) is 0 Å². The molecule has 8 aromatic rings. The maximum Gasteiger partial charge on any atom is 2.00 e. The summed E-state index contributed by atoms with van der Waals surface area (Å²) in [5.41, 5.74) is 0. The van der Waals surface area contributed by atoms with E-state index >= 15 is 0 Å². The van der Waals surface area contributed by atoms with Gasteiger partial charge in [0.2, 0.25) is 0 Å². The molecule has 8 rings (SSSR count). The first-order chi connectivity index (χ1) is 31.4. The van der Waals surface area contributed by atoms with Gasteiger partial charge in [0.1, 0.15) is 0 Å². The normalized spacial score (nSPS) is 10.8. The van der Waals surface area contributed by atoms with E-state index in [1.54, 1.807) is 21.2 Å². The van der Waals surface area contributed by atoms with Crippen molar-refractivity contribution in [3.05, 3.63) is 146 Å². The van der Waals surface area contributed by atoms with E-state index in [9.17, 15) is 0 Å². The molecule has 0 bridgehead atoms. The summed E-state index contributed by atoms with van der Waals surface area (Å²) < 4.78 is 0. The van der Waals surface area contributed by atoms with Crippen molar-refractivity contribution in [2.75, 3.05) is 49.3 Å². The molecule has 0 radical (unpaired) electrons. The summed E-state index contributed by atoms with van der Waals surface area (Å²) in [5, 5.41) is 17.8. The number of hydrogen-bond donors (Lipinski definition) is 0. The van der Waals surface area contributed by atoms with Crippen LogP contribution >= 0.6 is 31.7 Å². The molecule has 0 atom stereocenters. The second kappa shape index (κ2) is 36.9. The van der Waals surface area contributed by atoms with Gasteiger partial charge in [0.25, 0.3) is 0 Å². The molecule has 8 heteroatoms. The van der Waals surface area contributed by atoms with Crippen LogP contribution < -0.4 is 46.0 Å². The Bertz CT molecular complexity index is 1980. The smallest absolute Gasteiger partial charge is 1.00 e. The predicted octanol–water partition coefficient (Wildman–Crippen LogP) is 11.9. The fourth-order valence-electron chi connectivity index (χ4n) is 8.91. The molecule has 0 heterocycles. The quantitative estimate of drug-likeness (QED) is 0.0405. The topological polar surface area (TPSA) is 0 Å². The van der Waals surface area contributed by atoms with Crippen LogP contribution in [0.3, 0.4) is 0 Å². The molecule has 8 aromatic carbocycles. The Kier molecular flexibility index (Phi) is 35.3. The van der Waals surface area contributed by atoms with Crippen LogP contribution in [0.15, 0.2) is 146 Å². The molecule has 0 amide bonds. The van der Waals surface area contributed by atoms with Gasteiger partial charge in [-0.05, 0) is 49.3 Å². The van der Waals surface area contributed by atoms with Gasteiger partial charge in [-0.15, -0.1) is 161 Å². The van der Waals surface area contributed by atoms with E-state index in [1.165, 1.54) is 144 Å². The number of fused-ring (bicyclic) bond motifs is 4. The molecule has 0 saturated carbocycles. The fourth-order valence-corrected chi connectivity index (χ4v) is 18.8. The largest absolute Gasteiger partial charge is 2.00 e. The Morgan fingerprint density at radius 1 is 0.279 bits per heavy atom. The van der Waals surface area contributed by atoms with Gasteiger partial charge < -0.3 is 24.8 Å². The zero-order chi connectivity index (χ0) is 45.5. The molecule has 0 aliphatic carbocycles. The fraction of sp³-hybridized carbons (Fsp3) is 0.400. The first kappa shape index (κ1) is 65.1. The molecule has 0 fully saturated rings. The van der Waals surface area contributed by atoms with Gasteiger partial charge in [0, 0.05) is 0 Å². The Labute approximate surface area is 461 Å². The van der Waals surface area contributed by atoms with Crippen molar-refractivity contribution in [3.63, 3.8) is 0 Å². The van der Waals surface area contributed by atoms with E-state index in [0.717, 1.165) is 0 Å². The monoisotopic (exact) mass is 1090 g/mol. The minimum Gasteiger partial charge on any atom is -1.00 e. The van der Waals surface area contributed by atoms with Crippen molar-refractivity contribution in [1.82, 2.24) is 0 Å². The van der Waals surface area contributed by atoms with Crippen LogP contribution in [0.4, 0.5) is 0 Å². The van der Waals surface area contributed by atoms with Crippen molar-refractivity contribution >= 4 is 96.0 Å². The van der Waals surface area contributed by atoms with Crippen molar-refractivity contribution < 1.29 is 68.2 Å². The van der Waals surface area contributed by atoms with Gasteiger partial charge in [0.15, 0.2) is 0 Å². The first-order valence-corrected chi connectivity index (χ1v) is 31.9. The number of hydrogen-bond acceptors (Lipinski definition) is 0. The van der Waals surface area contributed by atoms with Crippen LogP contribution in [0, 0.1) is 0 Å². The minimum absolute atomic E-state index is 0. The maximum absolute atomic E-state index is 2.41. The molecule has 0 unspecified atom stereocenters. The summed E-state index contributed by atoms with van der Waals surface area (Å²) in [6.45, 7) is 18.4. The van der Waals surface area contributed by atoms with E-state index in [0.29, 0.717) is 0 Å². The Hall–Kier alpha value is -0.951. The van der Waals surface area contributed by atoms with Gasteiger partial charge in [0.05, 0.1) is 0 Å². The minimum atomic E-state index is 0. The van der Waals surface area contributed by atoms with Crippen molar-refractivity contribution in [3.8, 4) is 0 Å². The van der Waals surface area contributed by atoms with Crippen LogP contribution in [0.25, 0.3) is 43.1 Å². The SMILES string of the molecule is CCCP(CCC)c1cc2ccccc2[cH-]1.CCCP(CCC)c1cc2ccccc2[cH-]1.CCCP(CCC)c1cc2ccccc2[cH-]1.CCCP(CCC)c1cc2ccccc2[cH-]1.[Cl-].[Cl-].[Ti+2].[Ti+2]. The van der Waals surface area contributed by atoms with Gasteiger partial charge in [-0.25, -0.2) is 0 Å². The van der Waals surface area contributed by atoms with E-state index in [4.69, 9.17) is 0 Å². The molecule has 364 valence electrons. The third-order valence-corrected chi connectivity index (χ3v) is 23.7. The van der Waals surface area contributed by atoms with Crippen LogP contribution in [0.5, 0.6) is 0 Å². The number of rotatable bonds is 20. The maximum atomic E-state index is 2.41. The molecule has 0 saturated heterocycles. The summed E-state index contributed by atoms with van der Waals surface area (Å²) in [5.74, 6) is 0. The van der Waals surface area contributed by atoms with E-state index in [1.807, 2.05) is 0 Å². The van der Waals surface area contributed by atoms with Crippen LogP contribution in [0.1, 0.15) is 107 Å². The molecule has 68 heavy (non-hydrogen) atoms. The molecule has 0 aromatic heterocycles. The second-order valence-electron chi connectivity index (χ2n) is 17.3. The van der Waals surface area contributed by atoms with Crippen molar-refractivity contribution in [2.24, 2.45) is 0 Å². The average Bonchev–Trinajstić information content (AvgIpc) is 4.14. The zero-order valence-corrected chi connectivity index (χ0v) is 50.9. The van der Waals surface area contributed by atoms with Gasteiger partial charge in [-0.3, -0.25) is 0 Å². The van der Waals surface area contributed by atoms with Crippen molar-refractivity contribution in [1.29, 1.82) is 0 Å². The van der Waals surface area contributed by atoms with Crippen molar-refractivity contribution in [2.45, 2.75) is 107 Å². The molecule has 0 nitrogen and oxygen atoms in total. The molecule has 0 spiro atoms.